The molecule has 3 rings (SSSR count). The van der Waals surface area contributed by atoms with Crippen molar-refractivity contribution in [1.29, 1.82) is 0 Å². The number of nitrogens with one attached hydrogen (secondary N) is 2. The molecule has 1 heterocycles. The first-order valence-corrected chi connectivity index (χ1v) is 7.66. The van der Waals surface area contributed by atoms with E-state index in [4.69, 9.17) is 0 Å². The van der Waals surface area contributed by atoms with Gasteiger partial charge in [-0.3, -0.25) is 19.6 Å². The maximum atomic E-state index is 11.8. The van der Waals surface area contributed by atoms with E-state index in [1.807, 2.05) is 0 Å². The van der Waals surface area contributed by atoms with Gasteiger partial charge in [0.1, 0.15) is 0 Å². The summed E-state index contributed by atoms with van der Waals surface area (Å²) in [5.74, 6) is -0.747. The molecular formula is C12H12N2O4S. The second kappa shape index (κ2) is 3.57. The van der Waals surface area contributed by atoms with Gasteiger partial charge in [-0.05, 0) is 24.1 Å². The average molecular weight is 280 g/mol. The number of hydrogen-bond donors (Lipinski definition) is 2. The Balaban J connectivity index is 1.89. The highest BCUT2D eigenvalue weighted by molar-refractivity contribution is 7.92. The molecule has 1 saturated carbocycles. The third-order valence-electron chi connectivity index (χ3n) is 3.62. The predicted molar refractivity (Wildman–Crippen MR) is 67.8 cm³/mol. The van der Waals surface area contributed by atoms with E-state index < -0.39 is 15.4 Å². The fourth-order valence-electron chi connectivity index (χ4n) is 2.64. The molecule has 100 valence electrons. The van der Waals surface area contributed by atoms with Crippen LogP contribution in [0.4, 0.5) is 5.69 Å². The molecule has 1 aliphatic carbocycles. The molecule has 0 radical (unpaired) electrons. The van der Waals surface area contributed by atoms with E-state index >= 15 is 0 Å². The van der Waals surface area contributed by atoms with Gasteiger partial charge in [-0.1, -0.05) is 12.1 Å². The minimum absolute atomic E-state index is 0.219. The average Bonchev–Trinajstić information content (AvgIpc) is 2.99. The lowest BCUT2D eigenvalue weighted by molar-refractivity contribution is -0.127. The number of rotatable bonds is 3. The van der Waals surface area contributed by atoms with Crippen molar-refractivity contribution in [2.45, 2.75) is 11.8 Å². The quantitative estimate of drug-likeness (QED) is 0.761. The van der Waals surface area contributed by atoms with Crippen LogP contribution in [0.25, 0.3) is 0 Å². The highest BCUT2D eigenvalue weighted by atomic mass is 32.2. The minimum Gasteiger partial charge on any atom is -0.295 e. The number of carbonyl (C=O) groups is 2. The van der Waals surface area contributed by atoms with Crippen molar-refractivity contribution in [3.05, 3.63) is 29.8 Å². The number of piperidine rings is 1. The van der Waals surface area contributed by atoms with E-state index in [0.29, 0.717) is 12.1 Å². The van der Waals surface area contributed by atoms with Crippen LogP contribution in [0, 0.1) is 5.92 Å². The molecule has 0 bridgehead atoms. The molecule has 2 amide bonds. The van der Waals surface area contributed by atoms with E-state index in [1.165, 1.54) is 0 Å². The van der Waals surface area contributed by atoms with E-state index in [9.17, 15) is 18.0 Å². The van der Waals surface area contributed by atoms with Gasteiger partial charge >= 0.3 is 0 Å². The monoisotopic (exact) mass is 280 g/mol. The normalized spacial score (nSPS) is 28.8. The summed E-state index contributed by atoms with van der Waals surface area (Å²) >= 11 is 0. The fourth-order valence-corrected chi connectivity index (χ4v) is 3.21. The van der Waals surface area contributed by atoms with E-state index in [2.05, 4.69) is 10.0 Å². The molecular weight excluding hydrogens is 268 g/mol. The number of hydrogen-bond acceptors (Lipinski definition) is 4. The van der Waals surface area contributed by atoms with Crippen LogP contribution in [0.5, 0.6) is 0 Å². The highest BCUT2D eigenvalue weighted by Crippen LogP contribution is 2.57. The summed E-state index contributed by atoms with van der Waals surface area (Å²) in [6, 6.07) is 6.56. The zero-order chi connectivity index (χ0) is 13.8. The number of imide groups is 1. The maximum absolute atomic E-state index is 11.8. The van der Waals surface area contributed by atoms with E-state index in [0.717, 1.165) is 11.8 Å². The third-order valence-corrected chi connectivity index (χ3v) is 4.23. The van der Waals surface area contributed by atoms with Gasteiger partial charge in [-0.15, -0.1) is 0 Å². The van der Waals surface area contributed by atoms with Crippen molar-refractivity contribution in [2.75, 3.05) is 11.0 Å². The number of amides is 2. The maximum Gasteiger partial charge on any atom is 0.238 e. The molecule has 6 nitrogen and oxygen atoms in total. The summed E-state index contributed by atoms with van der Waals surface area (Å²) < 4.78 is 24.5. The third kappa shape index (κ3) is 1.81. The fraction of sp³-hybridized carbons (Fsp3) is 0.333. The van der Waals surface area contributed by atoms with Crippen LogP contribution in [0.3, 0.4) is 0 Å². The first-order chi connectivity index (χ1) is 8.83. The molecule has 1 aromatic rings. The molecule has 2 N–H and O–H groups in total. The van der Waals surface area contributed by atoms with Gasteiger partial charge in [0.15, 0.2) is 0 Å². The van der Waals surface area contributed by atoms with Crippen LogP contribution in [0.2, 0.25) is 0 Å². The Hall–Kier alpha value is -1.89. The van der Waals surface area contributed by atoms with Crippen LogP contribution >= 0.6 is 0 Å². The lowest BCUT2D eigenvalue weighted by Crippen LogP contribution is -2.30. The largest absolute Gasteiger partial charge is 0.295 e. The number of anilines is 1. The van der Waals surface area contributed by atoms with E-state index in [-0.39, 0.29) is 17.7 Å². The first-order valence-electron chi connectivity index (χ1n) is 5.76. The van der Waals surface area contributed by atoms with Crippen LogP contribution in [0.15, 0.2) is 24.3 Å². The van der Waals surface area contributed by atoms with Gasteiger partial charge in [-0.25, -0.2) is 8.42 Å². The molecule has 0 aromatic heterocycles. The molecule has 1 aromatic carbocycles. The van der Waals surface area contributed by atoms with Crippen LogP contribution in [-0.2, 0) is 25.0 Å². The topological polar surface area (TPSA) is 92.3 Å². The zero-order valence-electron chi connectivity index (χ0n) is 10.1. The number of carbonyl (C=O) groups excluding carboxylic acids is 2. The van der Waals surface area contributed by atoms with Crippen molar-refractivity contribution in [3.63, 3.8) is 0 Å². The number of benzene rings is 1. The highest BCUT2D eigenvalue weighted by Gasteiger charge is 2.69. The van der Waals surface area contributed by atoms with Crippen molar-refractivity contribution < 1.29 is 18.0 Å². The van der Waals surface area contributed by atoms with Crippen molar-refractivity contribution >= 4 is 27.5 Å². The summed E-state index contributed by atoms with van der Waals surface area (Å²) in [5.41, 5.74) is 0.463. The first kappa shape index (κ1) is 12.2. The van der Waals surface area contributed by atoms with Gasteiger partial charge in [-0.2, -0.15) is 0 Å². The second-order valence-electron chi connectivity index (χ2n) is 5.00. The van der Waals surface area contributed by atoms with Gasteiger partial charge in [0.05, 0.1) is 17.6 Å². The molecule has 19 heavy (non-hydrogen) atoms. The van der Waals surface area contributed by atoms with E-state index in [1.54, 1.807) is 24.3 Å². The van der Waals surface area contributed by atoms with Crippen molar-refractivity contribution in [2.24, 2.45) is 5.92 Å². The molecule has 1 unspecified atom stereocenters. The molecule has 1 aliphatic heterocycles. The smallest absolute Gasteiger partial charge is 0.238 e. The molecule has 2 atom stereocenters. The zero-order valence-corrected chi connectivity index (χ0v) is 11.0. The molecule has 0 spiro atoms. The Bertz CT molecular complexity index is 680. The number of fused-ring (bicyclic) bond motifs is 1. The summed E-state index contributed by atoms with van der Waals surface area (Å²) in [6.07, 6.45) is 1.61. The Kier molecular flexibility index (Phi) is 2.28. The minimum atomic E-state index is -3.32. The molecule has 7 heteroatoms. The van der Waals surface area contributed by atoms with Gasteiger partial charge in [0.25, 0.3) is 0 Å². The lowest BCUT2D eigenvalue weighted by Gasteiger charge is -2.11. The Morgan fingerprint density at radius 3 is 2.32 bits per heavy atom. The molecule has 1 saturated heterocycles. The van der Waals surface area contributed by atoms with Crippen LogP contribution in [-0.4, -0.2) is 26.5 Å². The predicted octanol–water partition coefficient (Wildman–Crippen LogP) is -0.0278. The standard InChI is InChI=1S/C12H12N2O4S/c1-19(17,18)14-8-4-2-7(3-5-8)12-6-9(12)10(15)13-11(12)16/h2-5,9,14H,6H2,1H3,(H,13,15,16)/t9-,12?/m0/s1. The lowest BCUT2D eigenvalue weighted by atomic mass is 9.94. The Labute approximate surface area is 110 Å². The Morgan fingerprint density at radius 2 is 1.89 bits per heavy atom. The Morgan fingerprint density at radius 1 is 1.26 bits per heavy atom. The molecule has 2 aliphatic rings. The van der Waals surface area contributed by atoms with Crippen LogP contribution < -0.4 is 10.0 Å². The summed E-state index contributed by atoms with van der Waals surface area (Å²) in [7, 11) is -3.32. The van der Waals surface area contributed by atoms with Gasteiger partial charge in [0, 0.05) is 5.69 Å². The second-order valence-corrected chi connectivity index (χ2v) is 6.75. The summed E-state index contributed by atoms with van der Waals surface area (Å²) in [5, 5.41) is 2.32. The van der Waals surface area contributed by atoms with Gasteiger partial charge in [0.2, 0.25) is 21.8 Å². The van der Waals surface area contributed by atoms with Crippen LogP contribution in [0.1, 0.15) is 12.0 Å². The van der Waals surface area contributed by atoms with Crippen molar-refractivity contribution in [3.8, 4) is 0 Å². The van der Waals surface area contributed by atoms with Crippen molar-refractivity contribution in [1.82, 2.24) is 5.32 Å². The summed E-state index contributed by atoms with van der Waals surface area (Å²) in [4.78, 5) is 23.3. The molecule has 2 fully saturated rings. The number of sulfonamides is 1. The SMILES string of the molecule is CS(=O)(=O)Nc1ccc(C23C[C@H]2C(=O)NC3=O)cc1. The van der Waals surface area contributed by atoms with Gasteiger partial charge < -0.3 is 0 Å². The summed E-state index contributed by atoms with van der Waals surface area (Å²) in [6.45, 7) is 0.